The van der Waals surface area contributed by atoms with Crippen molar-refractivity contribution in [1.29, 1.82) is 0 Å². The Balaban J connectivity index is 2.79. The Morgan fingerprint density at radius 2 is 1.77 bits per heavy atom. The van der Waals surface area contributed by atoms with Crippen LogP contribution in [0.4, 0.5) is 0 Å². The number of rotatable bonds is 3. The number of halogens is 2. The SMILES string of the molecule is CCc1ccc(C(O)C(Cl)Cl)cc1. The van der Waals surface area contributed by atoms with Crippen LogP contribution in [0.3, 0.4) is 0 Å². The first kappa shape index (κ1) is 10.8. The van der Waals surface area contributed by atoms with Crippen molar-refractivity contribution in [2.75, 3.05) is 0 Å². The highest BCUT2D eigenvalue weighted by molar-refractivity contribution is 6.44. The molecule has 0 fully saturated rings. The molecule has 0 aliphatic carbocycles. The number of aryl methyl sites for hydroxylation is 1. The van der Waals surface area contributed by atoms with E-state index < -0.39 is 10.9 Å². The zero-order valence-corrected chi connectivity index (χ0v) is 8.89. The fourth-order valence-electron chi connectivity index (χ4n) is 1.10. The van der Waals surface area contributed by atoms with Crippen LogP contribution in [0.5, 0.6) is 0 Å². The summed E-state index contributed by atoms with van der Waals surface area (Å²) in [5, 5.41) is 9.50. The lowest BCUT2D eigenvalue weighted by atomic mass is 10.1. The van der Waals surface area contributed by atoms with E-state index in [1.54, 1.807) is 0 Å². The molecule has 1 rings (SSSR count). The molecule has 13 heavy (non-hydrogen) atoms. The third-order valence-electron chi connectivity index (χ3n) is 1.97. The van der Waals surface area contributed by atoms with Gasteiger partial charge in [0.1, 0.15) is 10.9 Å². The predicted octanol–water partition coefficient (Wildman–Crippen LogP) is 3.09. The molecule has 1 atom stereocenters. The van der Waals surface area contributed by atoms with E-state index in [-0.39, 0.29) is 0 Å². The molecule has 3 heteroatoms. The van der Waals surface area contributed by atoms with Gasteiger partial charge in [-0.1, -0.05) is 31.2 Å². The lowest BCUT2D eigenvalue weighted by Gasteiger charge is -2.11. The van der Waals surface area contributed by atoms with Gasteiger partial charge in [0.15, 0.2) is 0 Å². The Morgan fingerprint density at radius 3 is 2.15 bits per heavy atom. The largest absolute Gasteiger partial charge is 0.386 e. The van der Waals surface area contributed by atoms with Gasteiger partial charge in [-0.05, 0) is 17.5 Å². The lowest BCUT2D eigenvalue weighted by Crippen LogP contribution is -2.05. The maximum atomic E-state index is 9.50. The summed E-state index contributed by atoms with van der Waals surface area (Å²) in [5.74, 6) is 0. The van der Waals surface area contributed by atoms with Crippen LogP contribution in [0.25, 0.3) is 0 Å². The molecule has 0 aliphatic heterocycles. The van der Waals surface area contributed by atoms with Gasteiger partial charge in [-0.3, -0.25) is 0 Å². The van der Waals surface area contributed by atoms with Gasteiger partial charge in [-0.15, -0.1) is 23.2 Å². The number of hydrogen-bond donors (Lipinski definition) is 1. The molecule has 0 saturated heterocycles. The molecule has 1 aromatic carbocycles. The molecule has 0 aromatic heterocycles. The first-order valence-corrected chi connectivity index (χ1v) is 5.07. The summed E-state index contributed by atoms with van der Waals surface area (Å²) in [5.41, 5.74) is 1.99. The van der Waals surface area contributed by atoms with E-state index >= 15 is 0 Å². The van der Waals surface area contributed by atoms with Gasteiger partial charge in [0.05, 0.1) is 0 Å². The van der Waals surface area contributed by atoms with Crippen LogP contribution in [-0.4, -0.2) is 9.94 Å². The van der Waals surface area contributed by atoms with Gasteiger partial charge in [0, 0.05) is 0 Å². The summed E-state index contributed by atoms with van der Waals surface area (Å²) in [6, 6.07) is 7.63. The molecule has 0 heterocycles. The topological polar surface area (TPSA) is 20.2 Å². The fraction of sp³-hybridized carbons (Fsp3) is 0.400. The van der Waals surface area contributed by atoms with Gasteiger partial charge < -0.3 is 5.11 Å². The summed E-state index contributed by atoms with van der Waals surface area (Å²) in [6.45, 7) is 2.08. The molecule has 0 aliphatic rings. The van der Waals surface area contributed by atoms with Crippen LogP contribution < -0.4 is 0 Å². The van der Waals surface area contributed by atoms with Gasteiger partial charge in [-0.25, -0.2) is 0 Å². The first-order valence-electron chi connectivity index (χ1n) is 4.20. The standard InChI is InChI=1S/C10H12Cl2O/c1-2-7-3-5-8(6-4-7)9(13)10(11)12/h3-6,9-10,13H,2H2,1H3. The minimum Gasteiger partial charge on any atom is -0.386 e. The van der Waals surface area contributed by atoms with Gasteiger partial charge >= 0.3 is 0 Å². The molecule has 0 spiro atoms. The van der Waals surface area contributed by atoms with Crippen molar-refractivity contribution in [2.45, 2.75) is 24.3 Å². The van der Waals surface area contributed by atoms with Crippen LogP contribution in [-0.2, 0) is 6.42 Å². The fourth-order valence-corrected chi connectivity index (χ4v) is 1.39. The Kier molecular flexibility index (Phi) is 4.04. The second-order valence-corrected chi connectivity index (χ2v) is 4.04. The van der Waals surface area contributed by atoms with Gasteiger partial charge in [0.2, 0.25) is 0 Å². The van der Waals surface area contributed by atoms with Crippen molar-refractivity contribution in [3.8, 4) is 0 Å². The van der Waals surface area contributed by atoms with Crippen molar-refractivity contribution in [2.24, 2.45) is 0 Å². The Bertz CT molecular complexity index is 256. The zero-order chi connectivity index (χ0) is 9.84. The van der Waals surface area contributed by atoms with Gasteiger partial charge in [-0.2, -0.15) is 0 Å². The average Bonchev–Trinajstić information content (AvgIpc) is 2.17. The first-order chi connectivity index (χ1) is 6.15. The quantitative estimate of drug-likeness (QED) is 0.774. The molecule has 0 bridgehead atoms. The Hall–Kier alpha value is -0.240. The van der Waals surface area contributed by atoms with E-state index in [1.165, 1.54) is 5.56 Å². The summed E-state index contributed by atoms with van der Waals surface area (Å²) >= 11 is 11.1. The highest BCUT2D eigenvalue weighted by atomic mass is 35.5. The minimum absolute atomic E-state index is 0.757. The van der Waals surface area contributed by atoms with Crippen LogP contribution in [0.1, 0.15) is 24.2 Å². The van der Waals surface area contributed by atoms with E-state index in [4.69, 9.17) is 23.2 Å². The smallest absolute Gasteiger partial charge is 0.137 e. The second-order valence-electron chi connectivity index (χ2n) is 2.87. The second kappa shape index (κ2) is 4.85. The van der Waals surface area contributed by atoms with E-state index in [1.807, 2.05) is 24.3 Å². The van der Waals surface area contributed by atoms with Crippen molar-refractivity contribution in [1.82, 2.24) is 0 Å². The number of aliphatic hydroxyl groups is 1. The summed E-state index contributed by atoms with van der Waals surface area (Å²) in [4.78, 5) is -0.771. The van der Waals surface area contributed by atoms with Crippen molar-refractivity contribution < 1.29 is 5.11 Å². The molecule has 0 amide bonds. The van der Waals surface area contributed by atoms with Crippen molar-refractivity contribution in [3.63, 3.8) is 0 Å². The predicted molar refractivity (Wildman–Crippen MR) is 56.3 cm³/mol. The molecular weight excluding hydrogens is 207 g/mol. The zero-order valence-electron chi connectivity index (χ0n) is 7.37. The molecule has 0 saturated carbocycles. The van der Waals surface area contributed by atoms with Crippen LogP contribution in [0, 0.1) is 0 Å². The lowest BCUT2D eigenvalue weighted by molar-refractivity contribution is 0.193. The van der Waals surface area contributed by atoms with Crippen LogP contribution in [0.15, 0.2) is 24.3 Å². The van der Waals surface area contributed by atoms with E-state index in [0.717, 1.165) is 12.0 Å². The minimum atomic E-state index is -0.797. The molecule has 1 unspecified atom stereocenters. The summed E-state index contributed by atoms with van der Waals surface area (Å²) in [6.07, 6.45) is 0.191. The third kappa shape index (κ3) is 2.87. The Labute approximate surface area is 88.3 Å². The van der Waals surface area contributed by atoms with E-state index in [9.17, 15) is 5.11 Å². The number of benzene rings is 1. The maximum absolute atomic E-state index is 9.50. The molecular formula is C10H12Cl2O. The highest BCUT2D eigenvalue weighted by Gasteiger charge is 2.14. The molecule has 1 aromatic rings. The number of alkyl halides is 2. The average molecular weight is 219 g/mol. The number of aliphatic hydroxyl groups excluding tert-OH is 1. The summed E-state index contributed by atoms with van der Waals surface area (Å²) in [7, 11) is 0. The number of hydrogen-bond acceptors (Lipinski definition) is 1. The monoisotopic (exact) mass is 218 g/mol. The van der Waals surface area contributed by atoms with Crippen molar-refractivity contribution in [3.05, 3.63) is 35.4 Å². The van der Waals surface area contributed by atoms with E-state index in [2.05, 4.69) is 6.92 Å². The molecule has 1 N–H and O–H groups in total. The normalized spacial score (nSPS) is 13.3. The van der Waals surface area contributed by atoms with E-state index in [0.29, 0.717) is 0 Å². The third-order valence-corrected chi connectivity index (χ3v) is 2.45. The maximum Gasteiger partial charge on any atom is 0.137 e. The van der Waals surface area contributed by atoms with Gasteiger partial charge in [0.25, 0.3) is 0 Å². The highest BCUT2D eigenvalue weighted by Crippen LogP contribution is 2.23. The van der Waals surface area contributed by atoms with Crippen LogP contribution in [0.2, 0.25) is 0 Å². The molecule has 72 valence electrons. The Morgan fingerprint density at radius 1 is 1.23 bits per heavy atom. The summed E-state index contributed by atoms with van der Waals surface area (Å²) < 4.78 is 0. The van der Waals surface area contributed by atoms with Crippen molar-refractivity contribution >= 4 is 23.2 Å². The molecule has 1 nitrogen and oxygen atoms in total. The van der Waals surface area contributed by atoms with Crippen LogP contribution >= 0.6 is 23.2 Å². The molecule has 0 radical (unpaired) electrons.